The summed E-state index contributed by atoms with van der Waals surface area (Å²) < 4.78 is 7.65. The molecule has 1 aliphatic rings. The lowest BCUT2D eigenvalue weighted by atomic mass is 9.98. The summed E-state index contributed by atoms with van der Waals surface area (Å²) in [4.78, 5) is 19.4. The Hall–Kier alpha value is -2.73. The van der Waals surface area contributed by atoms with Gasteiger partial charge in [0, 0.05) is 24.7 Å². The number of nitrogens with zero attached hydrogens (tertiary/aromatic N) is 3. The summed E-state index contributed by atoms with van der Waals surface area (Å²) >= 11 is 6.23. The van der Waals surface area contributed by atoms with E-state index in [1.165, 1.54) is 0 Å². The van der Waals surface area contributed by atoms with Crippen LogP contribution in [0.2, 0.25) is 5.02 Å². The van der Waals surface area contributed by atoms with Gasteiger partial charge < -0.3 is 19.5 Å². The molecule has 1 amide bonds. The van der Waals surface area contributed by atoms with E-state index in [0.717, 1.165) is 53.5 Å². The van der Waals surface area contributed by atoms with E-state index in [9.17, 15) is 4.79 Å². The summed E-state index contributed by atoms with van der Waals surface area (Å²) in [6, 6.07) is 16.2. The third-order valence-corrected chi connectivity index (χ3v) is 5.84. The van der Waals surface area contributed by atoms with Crippen LogP contribution in [0.4, 0.5) is 10.7 Å². The molecule has 1 fully saturated rings. The van der Waals surface area contributed by atoms with Crippen molar-refractivity contribution in [3.63, 3.8) is 0 Å². The number of carbonyl (C=O) groups is 1. The second-order valence-corrected chi connectivity index (χ2v) is 9.89. The Morgan fingerprint density at radius 3 is 2.81 bits per heavy atom. The Morgan fingerprint density at radius 1 is 1.22 bits per heavy atom. The molecule has 1 aromatic heterocycles. The number of aromatic nitrogens is 2. The number of imidazole rings is 1. The number of hydrogen-bond acceptors (Lipinski definition) is 4. The highest BCUT2D eigenvalue weighted by Gasteiger charge is 2.25. The Labute approximate surface area is 194 Å². The molecule has 0 spiro atoms. The molecule has 4 rings (SSSR count). The Kier molecular flexibility index (Phi) is 6.60. The summed E-state index contributed by atoms with van der Waals surface area (Å²) in [6.07, 6.45) is 1.77. The summed E-state index contributed by atoms with van der Waals surface area (Å²) in [7, 11) is 0. The van der Waals surface area contributed by atoms with E-state index in [1.54, 1.807) is 0 Å². The average Bonchev–Trinajstić information content (AvgIpc) is 3.10. The quantitative estimate of drug-likeness (QED) is 0.554. The number of amides is 1. The van der Waals surface area contributed by atoms with Crippen molar-refractivity contribution in [1.82, 2.24) is 14.9 Å². The van der Waals surface area contributed by atoms with Crippen LogP contribution < -0.4 is 10.2 Å². The van der Waals surface area contributed by atoms with Crippen LogP contribution in [0.25, 0.3) is 11.0 Å². The third kappa shape index (κ3) is 5.54. The zero-order chi connectivity index (χ0) is 22.7. The van der Waals surface area contributed by atoms with Crippen molar-refractivity contribution in [2.75, 3.05) is 24.5 Å². The highest BCUT2D eigenvalue weighted by atomic mass is 35.5. The molecule has 170 valence electrons. The molecule has 1 aliphatic heterocycles. The first-order valence-electron chi connectivity index (χ1n) is 11.2. The molecule has 1 N–H and O–H groups in total. The first kappa shape index (κ1) is 22.5. The molecule has 0 radical (unpaired) electrons. The molecule has 0 bridgehead atoms. The van der Waals surface area contributed by atoms with Crippen molar-refractivity contribution in [3.05, 3.63) is 59.1 Å². The van der Waals surface area contributed by atoms with Gasteiger partial charge in [0.15, 0.2) is 0 Å². The standard InChI is InChI=1S/C25H31ClN4O2/c1-25(2,3)32-24(31)27-15-19-9-7-13-29(16-19)23-28-21-11-4-5-12-22(21)30(23)17-18-8-6-10-20(26)14-18/h4-6,8,10-12,14,19H,7,9,13,15-17H2,1-3H3,(H,27,31)/t19-/m0/s1. The monoisotopic (exact) mass is 454 g/mol. The number of benzene rings is 2. The molecule has 0 aliphatic carbocycles. The largest absolute Gasteiger partial charge is 0.444 e. The summed E-state index contributed by atoms with van der Waals surface area (Å²) in [5, 5.41) is 3.67. The van der Waals surface area contributed by atoms with Gasteiger partial charge in [-0.1, -0.05) is 35.9 Å². The van der Waals surface area contributed by atoms with Crippen molar-refractivity contribution in [2.24, 2.45) is 5.92 Å². The summed E-state index contributed by atoms with van der Waals surface area (Å²) in [5.74, 6) is 1.31. The van der Waals surface area contributed by atoms with E-state index in [1.807, 2.05) is 51.1 Å². The number of piperidine rings is 1. The van der Waals surface area contributed by atoms with E-state index in [4.69, 9.17) is 21.3 Å². The number of halogens is 1. The van der Waals surface area contributed by atoms with Crippen molar-refractivity contribution >= 4 is 34.7 Å². The van der Waals surface area contributed by atoms with Crippen molar-refractivity contribution in [3.8, 4) is 0 Å². The van der Waals surface area contributed by atoms with Gasteiger partial charge in [0.1, 0.15) is 5.60 Å². The van der Waals surface area contributed by atoms with Crippen LogP contribution in [0, 0.1) is 5.92 Å². The molecule has 32 heavy (non-hydrogen) atoms. The van der Waals surface area contributed by atoms with E-state index in [0.29, 0.717) is 19.0 Å². The van der Waals surface area contributed by atoms with Crippen LogP contribution in [-0.2, 0) is 11.3 Å². The SMILES string of the molecule is CC(C)(C)OC(=O)NC[C@@H]1CCCN(c2nc3ccccc3n2Cc2cccc(Cl)c2)C1. The van der Waals surface area contributed by atoms with Crippen molar-refractivity contribution in [2.45, 2.75) is 45.8 Å². The van der Waals surface area contributed by atoms with Crippen LogP contribution in [0.5, 0.6) is 0 Å². The highest BCUT2D eigenvalue weighted by molar-refractivity contribution is 6.30. The van der Waals surface area contributed by atoms with Crippen LogP contribution in [0.3, 0.4) is 0 Å². The molecular weight excluding hydrogens is 424 g/mol. The molecule has 2 heterocycles. The number of anilines is 1. The van der Waals surface area contributed by atoms with Crippen LogP contribution >= 0.6 is 11.6 Å². The van der Waals surface area contributed by atoms with Crippen LogP contribution in [-0.4, -0.2) is 40.9 Å². The predicted octanol–water partition coefficient (Wildman–Crippen LogP) is 5.48. The topological polar surface area (TPSA) is 59.4 Å². The average molecular weight is 455 g/mol. The maximum absolute atomic E-state index is 12.1. The number of para-hydroxylation sites is 2. The van der Waals surface area contributed by atoms with Gasteiger partial charge >= 0.3 is 6.09 Å². The maximum Gasteiger partial charge on any atom is 0.407 e. The molecule has 2 aromatic carbocycles. The summed E-state index contributed by atoms with van der Waals surface area (Å²) in [5.41, 5.74) is 2.74. The lowest BCUT2D eigenvalue weighted by molar-refractivity contribution is 0.0517. The Balaban J connectivity index is 1.53. The zero-order valence-electron chi connectivity index (χ0n) is 19.0. The van der Waals surface area contributed by atoms with Gasteiger partial charge in [-0.3, -0.25) is 0 Å². The number of hydrogen-bond donors (Lipinski definition) is 1. The Bertz CT molecular complexity index is 1090. The molecule has 6 nitrogen and oxygen atoms in total. The zero-order valence-corrected chi connectivity index (χ0v) is 19.7. The fraction of sp³-hybridized carbons (Fsp3) is 0.440. The van der Waals surface area contributed by atoms with Gasteiger partial charge in [-0.05, 0) is 69.4 Å². The van der Waals surface area contributed by atoms with Crippen LogP contribution in [0.1, 0.15) is 39.2 Å². The molecule has 0 unspecified atom stereocenters. The first-order valence-corrected chi connectivity index (χ1v) is 11.6. The molecule has 3 aromatic rings. The second kappa shape index (κ2) is 9.41. The fourth-order valence-electron chi connectivity index (χ4n) is 4.23. The van der Waals surface area contributed by atoms with Crippen molar-refractivity contribution < 1.29 is 9.53 Å². The number of alkyl carbamates (subject to hydrolysis) is 1. The third-order valence-electron chi connectivity index (χ3n) is 5.60. The molecule has 1 saturated heterocycles. The lowest BCUT2D eigenvalue weighted by Crippen LogP contribution is -2.43. The van der Waals surface area contributed by atoms with Gasteiger partial charge in [0.2, 0.25) is 5.95 Å². The number of rotatable bonds is 5. The van der Waals surface area contributed by atoms with E-state index < -0.39 is 5.60 Å². The fourth-order valence-corrected chi connectivity index (χ4v) is 4.45. The van der Waals surface area contributed by atoms with Gasteiger partial charge in [-0.2, -0.15) is 0 Å². The van der Waals surface area contributed by atoms with Crippen LogP contribution in [0.15, 0.2) is 48.5 Å². The molecular formula is C25H31ClN4O2. The number of ether oxygens (including phenoxy) is 1. The van der Waals surface area contributed by atoms with Crippen molar-refractivity contribution in [1.29, 1.82) is 0 Å². The van der Waals surface area contributed by atoms with Gasteiger partial charge in [-0.15, -0.1) is 0 Å². The molecule has 7 heteroatoms. The smallest absolute Gasteiger partial charge is 0.407 e. The van der Waals surface area contributed by atoms with Gasteiger partial charge in [0.05, 0.1) is 17.6 Å². The molecule has 0 saturated carbocycles. The minimum absolute atomic E-state index is 0.343. The predicted molar refractivity (Wildman–Crippen MR) is 129 cm³/mol. The second-order valence-electron chi connectivity index (χ2n) is 9.45. The number of nitrogens with one attached hydrogen (secondary N) is 1. The van der Waals surface area contributed by atoms with E-state index in [2.05, 4.69) is 33.0 Å². The highest BCUT2D eigenvalue weighted by Crippen LogP contribution is 2.28. The normalized spacial score (nSPS) is 16.9. The first-order chi connectivity index (χ1) is 15.3. The van der Waals surface area contributed by atoms with Gasteiger partial charge in [0.25, 0.3) is 0 Å². The summed E-state index contributed by atoms with van der Waals surface area (Å²) in [6.45, 7) is 8.71. The molecule has 1 atom stereocenters. The minimum atomic E-state index is -0.492. The number of fused-ring (bicyclic) bond motifs is 1. The van der Waals surface area contributed by atoms with E-state index in [-0.39, 0.29) is 6.09 Å². The van der Waals surface area contributed by atoms with Gasteiger partial charge in [-0.25, -0.2) is 9.78 Å². The Morgan fingerprint density at radius 2 is 2.03 bits per heavy atom. The maximum atomic E-state index is 12.1. The number of carbonyl (C=O) groups excluding carboxylic acids is 1. The van der Waals surface area contributed by atoms with E-state index >= 15 is 0 Å². The minimum Gasteiger partial charge on any atom is -0.444 e. The lowest BCUT2D eigenvalue weighted by Gasteiger charge is -2.34.